The number of hydrogen-bond donors (Lipinski definition) is 2. The van der Waals surface area contributed by atoms with E-state index in [0.717, 1.165) is 5.69 Å². The average molecular weight is 403 g/mol. The van der Waals surface area contributed by atoms with E-state index in [9.17, 15) is 13.2 Å². The lowest BCUT2D eigenvalue weighted by Crippen LogP contribution is -2.62. The zero-order valence-electron chi connectivity index (χ0n) is 15.6. The lowest BCUT2D eigenvalue weighted by molar-refractivity contribution is 0.0669. The molecule has 1 spiro atoms. The van der Waals surface area contributed by atoms with Crippen molar-refractivity contribution in [2.24, 2.45) is 0 Å². The fourth-order valence-corrected chi connectivity index (χ4v) is 5.07. The van der Waals surface area contributed by atoms with Crippen LogP contribution in [0.5, 0.6) is 5.75 Å². The summed E-state index contributed by atoms with van der Waals surface area (Å²) in [5.41, 5.74) is 0.689. The Morgan fingerprint density at radius 1 is 1.21 bits per heavy atom. The third-order valence-corrected chi connectivity index (χ3v) is 6.68. The number of anilines is 1. The maximum atomic E-state index is 12.7. The molecule has 2 N–H and O–H groups in total. The summed E-state index contributed by atoms with van der Waals surface area (Å²) in [6.07, 6.45) is 3.87. The summed E-state index contributed by atoms with van der Waals surface area (Å²) in [6.45, 7) is 2.59. The summed E-state index contributed by atoms with van der Waals surface area (Å²) < 4.78 is 33.4. The number of fused-ring (bicyclic) bond motifs is 1. The number of methoxy groups -OCH3 is 1. The topological polar surface area (TPSA) is 114 Å². The molecule has 1 aromatic heterocycles. The standard InChI is InChI=1S/C18H21N5O4S/c1-12-10-20-15(11-19-12)17(24)23-7-5-18(6-8-23)21-14-9-13(27-2)3-4-16(14)28(25,26)22-18/h3-4,9-11,21-22H,5-8H2,1-2H3. The molecule has 0 aliphatic carbocycles. The van der Waals surface area contributed by atoms with Gasteiger partial charge in [-0.15, -0.1) is 0 Å². The number of ether oxygens (including phenoxy) is 1. The summed E-state index contributed by atoms with van der Waals surface area (Å²) in [4.78, 5) is 22.7. The molecule has 0 radical (unpaired) electrons. The van der Waals surface area contributed by atoms with Gasteiger partial charge in [-0.25, -0.2) is 13.4 Å². The van der Waals surface area contributed by atoms with Crippen molar-refractivity contribution in [1.82, 2.24) is 19.6 Å². The zero-order valence-corrected chi connectivity index (χ0v) is 16.4. The molecule has 2 aromatic rings. The summed E-state index contributed by atoms with van der Waals surface area (Å²) in [7, 11) is -2.13. The molecule has 0 bridgehead atoms. The van der Waals surface area contributed by atoms with Gasteiger partial charge in [0.1, 0.15) is 22.0 Å². The Morgan fingerprint density at radius 2 is 1.96 bits per heavy atom. The lowest BCUT2D eigenvalue weighted by Gasteiger charge is -2.45. The van der Waals surface area contributed by atoms with Gasteiger partial charge in [0.05, 0.1) is 24.7 Å². The molecule has 148 valence electrons. The Labute approximate surface area is 163 Å². The van der Waals surface area contributed by atoms with Gasteiger partial charge in [0.25, 0.3) is 5.91 Å². The Hall–Kier alpha value is -2.72. The number of rotatable bonds is 2. The predicted molar refractivity (Wildman–Crippen MR) is 102 cm³/mol. The van der Waals surface area contributed by atoms with Crippen LogP contribution in [0.15, 0.2) is 35.5 Å². The first-order valence-electron chi connectivity index (χ1n) is 8.90. The molecule has 0 saturated carbocycles. The summed E-state index contributed by atoms with van der Waals surface area (Å²) in [6, 6.07) is 4.81. The second-order valence-electron chi connectivity index (χ2n) is 7.01. The fourth-order valence-electron chi connectivity index (χ4n) is 3.55. The molecule has 2 aliphatic heterocycles. The maximum absolute atomic E-state index is 12.7. The van der Waals surface area contributed by atoms with Crippen molar-refractivity contribution in [3.8, 4) is 5.75 Å². The Kier molecular flexibility index (Phi) is 4.47. The van der Waals surface area contributed by atoms with E-state index in [1.807, 2.05) is 0 Å². The number of likely N-dealkylation sites (tertiary alicyclic amines) is 1. The van der Waals surface area contributed by atoms with Gasteiger partial charge >= 0.3 is 0 Å². The molecule has 4 rings (SSSR count). The summed E-state index contributed by atoms with van der Waals surface area (Å²) in [5.74, 6) is 0.368. The highest BCUT2D eigenvalue weighted by Gasteiger charge is 2.44. The number of aryl methyl sites for hydroxylation is 1. The molecular formula is C18H21N5O4S. The van der Waals surface area contributed by atoms with Crippen molar-refractivity contribution >= 4 is 21.6 Å². The van der Waals surface area contributed by atoms with E-state index in [2.05, 4.69) is 20.0 Å². The van der Waals surface area contributed by atoms with E-state index in [0.29, 0.717) is 37.4 Å². The molecule has 3 heterocycles. The smallest absolute Gasteiger partial charge is 0.274 e. The van der Waals surface area contributed by atoms with Crippen LogP contribution in [0, 0.1) is 6.92 Å². The van der Waals surface area contributed by atoms with Crippen molar-refractivity contribution in [1.29, 1.82) is 0 Å². The summed E-state index contributed by atoms with van der Waals surface area (Å²) >= 11 is 0. The summed E-state index contributed by atoms with van der Waals surface area (Å²) in [5, 5.41) is 3.31. The van der Waals surface area contributed by atoms with Crippen molar-refractivity contribution in [3.05, 3.63) is 42.0 Å². The van der Waals surface area contributed by atoms with E-state index < -0.39 is 15.7 Å². The van der Waals surface area contributed by atoms with Crippen LogP contribution in [0.2, 0.25) is 0 Å². The van der Waals surface area contributed by atoms with Gasteiger partial charge in [-0.2, -0.15) is 4.72 Å². The van der Waals surface area contributed by atoms with Crippen LogP contribution >= 0.6 is 0 Å². The van der Waals surface area contributed by atoms with Crippen LogP contribution in [-0.4, -0.2) is 55.1 Å². The molecule has 10 heteroatoms. The SMILES string of the molecule is COc1ccc2c(c1)NC1(CCN(C(=O)c3cnc(C)cn3)CC1)NS2(=O)=O. The molecule has 1 saturated heterocycles. The van der Waals surface area contributed by atoms with Crippen molar-refractivity contribution in [3.63, 3.8) is 0 Å². The van der Waals surface area contributed by atoms with E-state index in [1.54, 1.807) is 30.2 Å². The number of carbonyl (C=O) groups is 1. The van der Waals surface area contributed by atoms with Crippen LogP contribution in [0.25, 0.3) is 0 Å². The van der Waals surface area contributed by atoms with Crippen molar-refractivity contribution < 1.29 is 17.9 Å². The Balaban J connectivity index is 1.53. The zero-order chi connectivity index (χ0) is 19.9. The molecule has 1 fully saturated rings. The molecule has 28 heavy (non-hydrogen) atoms. The number of benzene rings is 1. The first kappa shape index (κ1) is 18.6. The highest BCUT2D eigenvalue weighted by atomic mass is 32.2. The number of sulfonamides is 1. The molecule has 0 unspecified atom stereocenters. The number of aromatic nitrogens is 2. The van der Waals surface area contributed by atoms with E-state index >= 15 is 0 Å². The number of piperidine rings is 1. The van der Waals surface area contributed by atoms with Crippen molar-refractivity contribution in [2.75, 3.05) is 25.5 Å². The van der Waals surface area contributed by atoms with Gasteiger partial charge < -0.3 is 15.0 Å². The molecule has 1 aromatic carbocycles. The lowest BCUT2D eigenvalue weighted by atomic mass is 9.96. The maximum Gasteiger partial charge on any atom is 0.274 e. The average Bonchev–Trinajstić information content (AvgIpc) is 2.67. The first-order chi connectivity index (χ1) is 13.3. The van der Waals surface area contributed by atoms with Gasteiger partial charge in [-0.05, 0) is 19.1 Å². The molecule has 2 aliphatic rings. The minimum Gasteiger partial charge on any atom is -0.497 e. The third-order valence-electron chi connectivity index (χ3n) is 5.08. The molecule has 1 amide bonds. The number of nitrogens with one attached hydrogen (secondary N) is 2. The van der Waals surface area contributed by atoms with Crippen LogP contribution < -0.4 is 14.8 Å². The molecule has 9 nitrogen and oxygen atoms in total. The second-order valence-corrected chi connectivity index (χ2v) is 8.66. The van der Waals surface area contributed by atoms with Gasteiger partial charge in [0.2, 0.25) is 10.0 Å². The van der Waals surface area contributed by atoms with Crippen LogP contribution in [-0.2, 0) is 10.0 Å². The monoisotopic (exact) mass is 403 g/mol. The van der Waals surface area contributed by atoms with Crippen LogP contribution in [0.3, 0.4) is 0 Å². The van der Waals surface area contributed by atoms with E-state index in [1.165, 1.54) is 19.4 Å². The number of carbonyl (C=O) groups excluding carboxylic acids is 1. The van der Waals surface area contributed by atoms with Crippen molar-refractivity contribution in [2.45, 2.75) is 30.3 Å². The normalized spacial score (nSPS) is 19.6. The van der Waals surface area contributed by atoms with Gasteiger partial charge in [0, 0.05) is 38.2 Å². The van der Waals surface area contributed by atoms with Crippen LogP contribution in [0.4, 0.5) is 5.69 Å². The third kappa shape index (κ3) is 3.29. The molecular weight excluding hydrogens is 382 g/mol. The largest absolute Gasteiger partial charge is 0.497 e. The quantitative estimate of drug-likeness (QED) is 0.773. The Bertz CT molecular complexity index is 1010. The highest BCUT2D eigenvalue weighted by Crippen LogP contribution is 2.37. The van der Waals surface area contributed by atoms with Gasteiger partial charge in [-0.3, -0.25) is 9.78 Å². The van der Waals surface area contributed by atoms with Gasteiger partial charge in [-0.1, -0.05) is 0 Å². The fraction of sp³-hybridized carbons (Fsp3) is 0.389. The van der Waals surface area contributed by atoms with Gasteiger partial charge in [0.15, 0.2) is 0 Å². The second kappa shape index (κ2) is 6.71. The van der Waals surface area contributed by atoms with E-state index in [4.69, 9.17) is 4.74 Å². The number of hydrogen-bond acceptors (Lipinski definition) is 7. The minimum absolute atomic E-state index is 0.187. The minimum atomic E-state index is -3.66. The van der Waals surface area contributed by atoms with Crippen LogP contribution in [0.1, 0.15) is 29.0 Å². The number of amides is 1. The molecule has 0 atom stereocenters. The highest BCUT2D eigenvalue weighted by molar-refractivity contribution is 7.89. The first-order valence-corrected chi connectivity index (χ1v) is 10.4. The predicted octanol–water partition coefficient (Wildman–Crippen LogP) is 1.13. The number of nitrogens with zero attached hydrogens (tertiary/aromatic N) is 3. The Morgan fingerprint density at radius 3 is 2.61 bits per heavy atom. The van der Waals surface area contributed by atoms with E-state index in [-0.39, 0.29) is 16.5 Å².